The quantitative estimate of drug-likeness (QED) is 0.462. The molecule has 6 nitrogen and oxygen atoms in total. The standard InChI is InChI=1S/C26H33N3O3S2/c1-26(2,3)18-10-11-20-17(14-18)15-22(34-20)25(32)28-27-24(31)19-8-4-5-9-21(19)33-16-23(30)29-12-6-7-13-29/h4-5,8-9,15,18H,6-7,10-14,16H2,1-3H3,(H,27,31)(H,28,32). The Balaban J connectivity index is 1.34. The van der Waals surface area contributed by atoms with Gasteiger partial charge in [-0.15, -0.1) is 23.1 Å². The molecule has 2 heterocycles. The molecule has 2 aliphatic rings. The van der Waals surface area contributed by atoms with E-state index in [2.05, 4.69) is 31.6 Å². The molecule has 2 N–H and O–H groups in total. The summed E-state index contributed by atoms with van der Waals surface area (Å²) in [5, 5.41) is 0. The predicted octanol–water partition coefficient (Wildman–Crippen LogP) is 4.69. The van der Waals surface area contributed by atoms with Crippen molar-refractivity contribution in [2.75, 3.05) is 18.8 Å². The summed E-state index contributed by atoms with van der Waals surface area (Å²) in [7, 11) is 0. The van der Waals surface area contributed by atoms with Gasteiger partial charge in [-0.25, -0.2) is 0 Å². The summed E-state index contributed by atoms with van der Waals surface area (Å²) in [4.78, 5) is 42.5. The van der Waals surface area contributed by atoms with Crippen LogP contribution in [0.3, 0.4) is 0 Å². The lowest BCUT2D eigenvalue weighted by atomic mass is 9.72. The van der Waals surface area contributed by atoms with Crippen LogP contribution in [0.15, 0.2) is 35.2 Å². The minimum atomic E-state index is -0.390. The first-order valence-electron chi connectivity index (χ1n) is 11.9. The van der Waals surface area contributed by atoms with E-state index in [0.717, 1.165) is 50.1 Å². The van der Waals surface area contributed by atoms with E-state index in [0.29, 0.717) is 22.1 Å². The Labute approximate surface area is 209 Å². The van der Waals surface area contributed by atoms with Crippen molar-refractivity contribution in [2.45, 2.75) is 57.8 Å². The van der Waals surface area contributed by atoms with Crippen LogP contribution in [0.2, 0.25) is 0 Å². The van der Waals surface area contributed by atoms with E-state index >= 15 is 0 Å². The molecule has 1 saturated heterocycles. The Morgan fingerprint density at radius 2 is 1.79 bits per heavy atom. The third-order valence-corrected chi connectivity index (χ3v) is 9.06. The molecular weight excluding hydrogens is 466 g/mol. The molecule has 4 rings (SSSR count). The van der Waals surface area contributed by atoms with E-state index in [9.17, 15) is 14.4 Å². The van der Waals surface area contributed by atoms with E-state index in [-0.39, 0.29) is 23.1 Å². The lowest BCUT2D eigenvalue weighted by Gasteiger charge is -2.33. The van der Waals surface area contributed by atoms with Crippen LogP contribution in [0.4, 0.5) is 0 Å². The maximum Gasteiger partial charge on any atom is 0.279 e. The SMILES string of the molecule is CC(C)(C)C1CCc2sc(C(=O)NNC(=O)c3ccccc3SCC(=O)N3CCCC3)cc2C1. The van der Waals surface area contributed by atoms with Gasteiger partial charge in [0.15, 0.2) is 0 Å². The molecule has 1 aliphatic carbocycles. The van der Waals surface area contributed by atoms with Crippen LogP contribution in [-0.4, -0.2) is 41.5 Å². The molecule has 2 aromatic rings. The van der Waals surface area contributed by atoms with E-state index in [1.165, 1.54) is 33.5 Å². The van der Waals surface area contributed by atoms with Crippen molar-refractivity contribution in [1.82, 2.24) is 15.8 Å². The number of fused-ring (bicyclic) bond motifs is 1. The van der Waals surface area contributed by atoms with Crippen LogP contribution in [0.1, 0.15) is 70.5 Å². The maximum absolute atomic E-state index is 12.8. The molecule has 1 atom stereocenters. The second-order valence-corrected chi connectivity index (χ2v) is 12.3. The molecule has 182 valence electrons. The van der Waals surface area contributed by atoms with Gasteiger partial charge < -0.3 is 4.90 Å². The van der Waals surface area contributed by atoms with Crippen LogP contribution < -0.4 is 10.9 Å². The molecule has 0 bridgehead atoms. The summed E-state index contributed by atoms with van der Waals surface area (Å²) < 4.78 is 0. The first kappa shape index (κ1) is 24.8. The van der Waals surface area contributed by atoms with Gasteiger partial charge in [0.25, 0.3) is 11.8 Å². The summed E-state index contributed by atoms with van der Waals surface area (Å²) in [6.45, 7) is 8.46. The van der Waals surface area contributed by atoms with Gasteiger partial charge in [0.1, 0.15) is 0 Å². The number of hydrazine groups is 1. The van der Waals surface area contributed by atoms with Crippen molar-refractivity contribution in [3.8, 4) is 0 Å². The zero-order valence-corrected chi connectivity index (χ0v) is 21.7. The highest BCUT2D eigenvalue weighted by molar-refractivity contribution is 8.00. The highest BCUT2D eigenvalue weighted by Gasteiger charge is 2.30. The first-order valence-corrected chi connectivity index (χ1v) is 13.7. The van der Waals surface area contributed by atoms with Gasteiger partial charge in [0, 0.05) is 22.9 Å². The number of benzene rings is 1. The Morgan fingerprint density at radius 1 is 1.09 bits per heavy atom. The minimum absolute atomic E-state index is 0.0985. The summed E-state index contributed by atoms with van der Waals surface area (Å²) >= 11 is 2.88. The minimum Gasteiger partial charge on any atom is -0.342 e. The first-order chi connectivity index (χ1) is 16.2. The smallest absolute Gasteiger partial charge is 0.279 e. The normalized spacial score (nSPS) is 17.9. The second kappa shape index (κ2) is 10.5. The number of amides is 3. The Bertz CT molecular complexity index is 1070. The van der Waals surface area contributed by atoms with Crippen LogP contribution in [0.5, 0.6) is 0 Å². The largest absolute Gasteiger partial charge is 0.342 e. The van der Waals surface area contributed by atoms with Crippen LogP contribution in [0, 0.1) is 11.3 Å². The lowest BCUT2D eigenvalue weighted by Crippen LogP contribution is -2.41. The molecule has 3 amide bonds. The average molecular weight is 500 g/mol. The maximum atomic E-state index is 12.8. The van der Waals surface area contributed by atoms with Gasteiger partial charge in [0.2, 0.25) is 5.91 Å². The van der Waals surface area contributed by atoms with Gasteiger partial charge in [-0.3, -0.25) is 25.2 Å². The summed E-state index contributed by atoms with van der Waals surface area (Å²) in [6, 6.07) is 9.15. The monoisotopic (exact) mass is 499 g/mol. The average Bonchev–Trinajstić information content (AvgIpc) is 3.50. The number of nitrogens with one attached hydrogen (secondary N) is 2. The zero-order chi connectivity index (χ0) is 24.3. The molecule has 1 aromatic carbocycles. The van der Waals surface area contributed by atoms with Crippen molar-refractivity contribution < 1.29 is 14.4 Å². The Morgan fingerprint density at radius 3 is 2.53 bits per heavy atom. The molecular formula is C26H33N3O3S2. The van der Waals surface area contributed by atoms with Crippen molar-refractivity contribution >= 4 is 40.8 Å². The number of rotatable bonds is 5. The van der Waals surface area contributed by atoms with Gasteiger partial charge in [-0.2, -0.15) is 0 Å². The number of hydrogen-bond acceptors (Lipinski definition) is 5. The third-order valence-electron chi connectivity index (χ3n) is 6.76. The summed E-state index contributed by atoms with van der Waals surface area (Å²) in [5.41, 5.74) is 7.08. The molecule has 1 aliphatic heterocycles. The number of thioether (sulfide) groups is 1. The summed E-state index contributed by atoms with van der Waals surface area (Å²) in [6.07, 6.45) is 5.25. The van der Waals surface area contributed by atoms with E-state index in [1.807, 2.05) is 23.1 Å². The fraction of sp³-hybridized carbons (Fsp3) is 0.500. The fourth-order valence-electron chi connectivity index (χ4n) is 4.59. The highest BCUT2D eigenvalue weighted by Crippen LogP contribution is 2.40. The number of likely N-dealkylation sites (tertiary alicyclic amines) is 1. The van der Waals surface area contributed by atoms with Gasteiger partial charge >= 0.3 is 0 Å². The molecule has 1 unspecified atom stereocenters. The number of hydrogen-bond donors (Lipinski definition) is 2. The van der Waals surface area contributed by atoms with E-state index < -0.39 is 0 Å². The van der Waals surface area contributed by atoms with E-state index in [4.69, 9.17) is 0 Å². The second-order valence-electron chi connectivity index (χ2n) is 10.1. The Hall–Kier alpha value is -2.32. The molecule has 0 radical (unpaired) electrons. The zero-order valence-electron chi connectivity index (χ0n) is 20.1. The lowest BCUT2D eigenvalue weighted by molar-refractivity contribution is -0.127. The number of nitrogens with zero attached hydrogens (tertiary/aromatic N) is 1. The van der Waals surface area contributed by atoms with Crippen molar-refractivity contribution in [3.05, 3.63) is 51.2 Å². The molecule has 34 heavy (non-hydrogen) atoms. The number of aryl methyl sites for hydroxylation is 1. The molecule has 8 heteroatoms. The van der Waals surface area contributed by atoms with Gasteiger partial charge in [-0.1, -0.05) is 32.9 Å². The highest BCUT2D eigenvalue weighted by atomic mass is 32.2. The fourth-order valence-corrected chi connectivity index (χ4v) is 6.65. The molecule has 0 spiro atoms. The molecule has 0 saturated carbocycles. The van der Waals surface area contributed by atoms with Crippen LogP contribution in [-0.2, 0) is 17.6 Å². The van der Waals surface area contributed by atoms with E-state index in [1.54, 1.807) is 12.1 Å². The Kier molecular flexibility index (Phi) is 7.67. The third kappa shape index (κ3) is 5.84. The van der Waals surface area contributed by atoms with Crippen LogP contribution >= 0.6 is 23.1 Å². The number of carbonyl (C=O) groups excluding carboxylic acids is 3. The van der Waals surface area contributed by atoms with Crippen molar-refractivity contribution in [2.24, 2.45) is 11.3 Å². The van der Waals surface area contributed by atoms with Crippen LogP contribution in [0.25, 0.3) is 0 Å². The van der Waals surface area contributed by atoms with Gasteiger partial charge in [-0.05, 0) is 67.2 Å². The predicted molar refractivity (Wildman–Crippen MR) is 137 cm³/mol. The van der Waals surface area contributed by atoms with Gasteiger partial charge in [0.05, 0.1) is 16.2 Å². The molecule has 1 fully saturated rings. The number of thiophene rings is 1. The number of carbonyl (C=O) groups is 3. The topological polar surface area (TPSA) is 78.5 Å². The van der Waals surface area contributed by atoms with Crippen molar-refractivity contribution in [3.63, 3.8) is 0 Å². The van der Waals surface area contributed by atoms with Crippen molar-refractivity contribution in [1.29, 1.82) is 0 Å². The molecule has 1 aromatic heterocycles. The summed E-state index contributed by atoms with van der Waals surface area (Å²) in [5.74, 6) is 0.319.